The summed E-state index contributed by atoms with van der Waals surface area (Å²) in [4.78, 5) is 86.7. The van der Waals surface area contributed by atoms with Gasteiger partial charge in [0, 0.05) is 69.9 Å². The number of likely N-dealkylation sites (tertiary alicyclic amines) is 2. The fourth-order valence-electron chi connectivity index (χ4n) is 10.9. The fraction of sp³-hybridized carbons (Fsp3) is 0.571. The Morgan fingerprint density at radius 2 is 1.72 bits per heavy atom. The van der Waals surface area contributed by atoms with Crippen LogP contribution in [-0.2, 0) is 30.5 Å². The van der Waals surface area contributed by atoms with Crippen LogP contribution in [0, 0.1) is 18.2 Å². The van der Waals surface area contributed by atoms with Crippen molar-refractivity contribution >= 4 is 64.0 Å². The molecule has 0 radical (unpaired) electrons. The predicted molar refractivity (Wildman–Crippen MR) is 294 cm³/mol. The van der Waals surface area contributed by atoms with E-state index < -0.39 is 77.1 Å². The van der Waals surface area contributed by atoms with Gasteiger partial charge in [-0.05, 0) is 68.6 Å². The number of aliphatic hydroxyl groups excluding tert-OH is 1. The Kier molecular flexibility index (Phi) is 17.8. The molecule has 9 rings (SSSR count). The number of nitrogens with zero attached hydrogens (tertiary/aromatic N) is 7. The van der Waals surface area contributed by atoms with Gasteiger partial charge in [0.1, 0.15) is 41.7 Å². The van der Waals surface area contributed by atoms with Crippen LogP contribution >= 0.6 is 11.3 Å². The van der Waals surface area contributed by atoms with Gasteiger partial charge >= 0.3 is 5.92 Å². The Hall–Kier alpha value is -6.70. The Bertz CT molecular complexity index is 2980. The third kappa shape index (κ3) is 13.5. The zero-order valence-corrected chi connectivity index (χ0v) is 47.2. The minimum Gasteiger partial charge on any atom is -0.495 e. The summed E-state index contributed by atoms with van der Waals surface area (Å²) in [7, 11) is 2.62. The maximum absolute atomic E-state index is 15.8. The van der Waals surface area contributed by atoms with Crippen LogP contribution in [0.2, 0.25) is 0 Å². The average molecular weight is 1150 g/mol. The number of hydrogen-bond acceptors (Lipinski definition) is 16. The van der Waals surface area contributed by atoms with E-state index in [2.05, 4.69) is 41.1 Å². The molecule has 2 aromatic heterocycles. The van der Waals surface area contributed by atoms with Crippen molar-refractivity contribution in [2.75, 3.05) is 81.8 Å². The summed E-state index contributed by atoms with van der Waals surface area (Å²) in [6.07, 6.45) is 4.71. The number of amides is 5. The smallest absolute Gasteiger partial charge is 0.342 e. The molecule has 2 aliphatic carbocycles. The van der Waals surface area contributed by atoms with Gasteiger partial charge in [-0.25, -0.2) is 18.7 Å². The lowest BCUT2D eigenvalue weighted by Gasteiger charge is -2.35. The number of aryl methyl sites for hydroxylation is 1. The molecule has 3 aliphatic heterocycles. The molecule has 5 N–H and O–H groups in total. The highest BCUT2D eigenvalue weighted by molar-refractivity contribution is 7.13. The number of thiazole rings is 1. The molecule has 5 heterocycles. The highest BCUT2D eigenvalue weighted by Gasteiger charge is 2.54. The second-order valence-corrected chi connectivity index (χ2v) is 23.5. The molecule has 5 amide bonds. The van der Waals surface area contributed by atoms with Crippen LogP contribution in [-0.4, -0.2) is 168 Å². The first-order chi connectivity index (χ1) is 38.5. The van der Waals surface area contributed by atoms with Crippen molar-refractivity contribution in [3.63, 3.8) is 0 Å². The number of piperidine rings is 1. The summed E-state index contributed by atoms with van der Waals surface area (Å²) in [5, 5.41) is 22.0. The predicted octanol–water partition coefficient (Wildman–Crippen LogP) is 6.06. The minimum absolute atomic E-state index is 0.0140. The fourth-order valence-corrected chi connectivity index (χ4v) is 11.7. The first kappa shape index (κ1) is 58.9. The summed E-state index contributed by atoms with van der Waals surface area (Å²) in [6.45, 7) is 8.95. The molecule has 2 unspecified atom stereocenters. The van der Waals surface area contributed by atoms with E-state index in [0.717, 1.165) is 39.9 Å². The second-order valence-electron chi connectivity index (χ2n) is 22.7. The van der Waals surface area contributed by atoms with Crippen molar-refractivity contribution in [2.45, 2.75) is 134 Å². The van der Waals surface area contributed by atoms with Crippen molar-refractivity contribution < 1.29 is 60.9 Å². The zero-order chi connectivity index (χ0) is 58.0. The number of benzene rings is 2. The summed E-state index contributed by atoms with van der Waals surface area (Å²) in [5.41, 5.74) is 1.30. The molecule has 0 spiro atoms. The molecule has 20 nitrogen and oxygen atoms in total. The Balaban J connectivity index is 0.746. The molecule has 81 heavy (non-hydrogen) atoms. The lowest BCUT2D eigenvalue weighted by molar-refractivity contribution is -0.145. The van der Waals surface area contributed by atoms with Gasteiger partial charge in [0.15, 0.2) is 11.5 Å². The van der Waals surface area contributed by atoms with Crippen LogP contribution in [0.25, 0.3) is 10.4 Å². The largest absolute Gasteiger partial charge is 0.495 e. The SMILES string of the molecule is COc1cc(C(=O)NC2CCN(CCOCCOc3cc(-c4scnc4C)ccc3CNC(=O)C3CC(O)CN3C(=O)[C@@H](NC(=O)C3(F)CC3)C(C)(C)C)CC2)c(F)cc1Nc1ncc2c(n1)N(C1CCCC1)CC(F)(F)C(=O)N2C. The molecule has 5 aliphatic rings. The van der Waals surface area contributed by atoms with E-state index in [4.69, 9.17) is 14.2 Å². The third-order valence-electron chi connectivity index (χ3n) is 15.8. The molecule has 3 atom stereocenters. The van der Waals surface area contributed by atoms with Crippen molar-refractivity contribution in [3.05, 3.63) is 64.7 Å². The van der Waals surface area contributed by atoms with Gasteiger partial charge in [-0.2, -0.15) is 13.8 Å². The number of β-amino-alcohol motifs (C(OH)–C–C–N with tert-alkyl or cyclic N) is 1. The molecular weight excluding hydrogens is 1080 g/mol. The van der Waals surface area contributed by atoms with Gasteiger partial charge < -0.3 is 60.2 Å². The molecule has 25 heteroatoms. The Labute approximate surface area is 471 Å². The molecule has 438 valence electrons. The summed E-state index contributed by atoms with van der Waals surface area (Å²) in [6, 6.07) is 5.36. The monoisotopic (exact) mass is 1150 g/mol. The number of carbonyl (C=O) groups excluding carboxylic acids is 5. The van der Waals surface area contributed by atoms with Gasteiger partial charge in [0.2, 0.25) is 17.8 Å². The number of aromatic nitrogens is 3. The number of fused-ring (bicyclic) bond motifs is 1. The van der Waals surface area contributed by atoms with Gasteiger partial charge in [-0.15, -0.1) is 11.3 Å². The van der Waals surface area contributed by atoms with Crippen LogP contribution in [0.4, 0.5) is 40.7 Å². The number of halogens is 4. The second kappa shape index (κ2) is 24.4. The minimum atomic E-state index is -3.65. The first-order valence-corrected chi connectivity index (χ1v) is 28.4. The maximum atomic E-state index is 15.8. The lowest BCUT2D eigenvalue weighted by atomic mass is 9.85. The number of carbonyl (C=O) groups is 5. The van der Waals surface area contributed by atoms with Crippen LogP contribution < -0.4 is 40.5 Å². The van der Waals surface area contributed by atoms with E-state index in [1.54, 1.807) is 26.3 Å². The summed E-state index contributed by atoms with van der Waals surface area (Å²) >= 11 is 1.48. The van der Waals surface area contributed by atoms with Gasteiger partial charge in [0.25, 0.3) is 17.7 Å². The quantitative estimate of drug-likeness (QED) is 0.0500. The number of aliphatic hydroxyl groups is 1. The zero-order valence-electron chi connectivity index (χ0n) is 46.4. The number of hydrogen-bond donors (Lipinski definition) is 5. The topological polar surface area (TPSA) is 233 Å². The van der Waals surface area contributed by atoms with E-state index in [1.807, 2.05) is 25.1 Å². The molecule has 2 saturated heterocycles. The molecule has 2 aromatic carbocycles. The van der Waals surface area contributed by atoms with Crippen molar-refractivity contribution in [1.29, 1.82) is 0 Å². The number of rotatable bonds is 20. The summed E-state index contributed by atoms with van der Waals surface area (Å²) in [5.74, 6) is -7.66. The van der Waals surface area contributed by atoms with E-state index in [1.165, 1.54) is 47.6 Å². The van der Waals surface area contributed by atoms with Crippen molar-refractivity contribution in [1.82, 2.24) is 40.7 Å². The van der Waals surface area contributed by atoms with E-state index in [0.29, 0.717) is 63.2 Å². The average Bonchev–Trinajstić information content (AvgIpc) is 3.99. The van der Waals surface area contributed by atoms with E-state index >= 15 is 13.2 Å². The highest BCUT2D eigenvalue weighted by Crippen LogP contribution is 2.42. The number of ether oxygens (including phenoxy) is 3. The van der Waals surface area contributed by atoms with Crippen LogP contribution in [0.3, 0.4) is 0 Å². The highest BCUT2D eigenvalue weighted by atomic mass is 32.1. The standard InChI is InChI=1S/C56H71F4N11O9S/c1-32-45(81-31-63-32)33-11-12-34(27-61-49(74)41-24-37(72)29-70(41)50(75)46(54(2,3)4)66-51(76)55(58)15-16-55)43(23-33)80-22-21-79-20-19-69-17-13-35(14-18-69)64-48(73)38-25-44(78-6)40(26-39(38)57)65-53-62-28-42-47(67-53)71(36-9-7-8-10-36)30-56(59,60)52(77)68(42)5/h11-12,23,25-26,28,31,35-37,41,46,72H,7-10,13-22,24,27,29-30H2,1-6H3,(H,61,74)(H,64,73)(H,66,76)(H,62,65,67)/t37?,41?,46-/m1/s1. The maximum Gasteiger partial charge on any atom is 0.342 e. The molecular formula is C56H71F4N11O9S. The third-order valence-corrected chi connectivity index (χ3v) is 16.7. The van der Waals surface area contributed by atoms with Gasteiger partial charge in [0.05, 0.1) is 66.5 Å². The normalized spacial score (nSPS) is 20.6. The van der Waals surface area contributed by atoms with E-state index in [9.17, 15) is 33.5 Å². The number of nitrogens with one attached hydrogen (secondary N) is 4. The van der Waals surface area contributed by atoms with Crippen LogP contribution in [0.5, 0.6) is 11.5 Å². The molecule has 2 saturated carbocycles. The van der Waals surface area contributed by atoms with Crippen molar-refractivity contribution in [2.24, 2.45) is 5.41 Å². The number of anilines is 4. The van der Waals surface area contributed by atoms with Crippen LogP contribution in [0.15, 0.2) is 42.0 Å². The molecule has 0 bridgehead atoms. The van der Waals surface area contributed by atoms with Gasteiger partial charge in [-0.3, -0.25) is 24.0 Å². The van der Waals surface area contributed by atoms with Crippen molar-refractivity contribution in [3.8, 4) is 21.9 Å². The van der Waals surface area contributed by atoms with Gasteiger partial charge in [-0.1, -0.05) is 45.7 Å². The van der Waals surface area contributed by atoms with Crippen LogP contribution in [0.1, 0.15) is 100 Å². The van der Waals surface area contributed by atoms with E-state index in [-0.39, 0.29) is 92.1 Å². The number of alkyl halides is 3. The Morgan fingerprint density at radius 3 is 2.40 bits per heavy atom. The molecule has 4 aromatic rings. The lowest BCUT2D eigenvalue weighted by Crippen LogP contribution is -2.59. The summed E-state index contributed by atoms with van der Waals surface area (Å²) < 4.78 is 78.5. The Morgan fingerprint density at radius 1 is 0.975 bits per heavy atom. The first-order valence-electron chi connectivity index (χ1n) is 27.5. The molecule has 4 fully saturated rings. The number of methoxy groups -OCH3 is 1.